The average Bonchev–Trinajstić information content (AvgIpc) is 2.67. The molecule has 0 saturated carbocycles. The molecule has 1 rings (SSSR count). The molecule has 2 atom stereocenters. The van der Waals surface area contributed by atoms with Crippen molar-refractivity contribution in [3.05, 3.63) is 42.5 Å². The van der Waals surface area contributed by atoms with Gasteiger partial charge in [0.2, 0.25) is 5.12 Å². The van der Waals surface area contributed by atoms with Crippen LogP contribution in [0.15, 0.2) is 42.5 Å². The molecule has 0 saturated heterocycles. The number of benzene rings is 1. The van der Waals surface area contributed by atoms with Crippen LogP contribution in [0.2, 0.25) is 36.8 Å². The molecule has 0 bridgehead atoms. The third-order valence-corrected chi connectivity index (χ3v) is 16.5. The summed E-state index contributed by atoms with van der Waals surface area (Å²) in [5.74, 6) is 0.829. The van der Waals surface area contributed by atoms with Crippen molar-refractivity contribution >= 4 is 38.5 Å². The Morgan fingerprint density at radius 3 is 2.23 bits per heavy atom. The molecule has 1 aromatic carbocycles. The van der Waals surface area contributed by atoms with E-state index in [9.17, 15) is 4.79 Å². The van der Waals surface area contributed by atoms with Gasteiger partial charge in [0, 0.05) is 6.10 Å². The van der Waals surface area contributed by atoms with Crippen LogP contribution in [0.4, 0.5) is 0 Å². The Kier molecular flexibility index (Phi) is 11.5. The summed E-state index contributed by atoms with van der Waals surface area (Å²) in [6.45, 7) is 21.0. The van der Waals surface area contributed by atoms with Crippen molar-refractivity contribution in [2.45, 2.75) is 103 Å². The number of thioether (sulfide) groups is 1. The van der Waals surface area contributed by atoms with Crippen molar-refractivity contribution in [1.29, 1.82) is 0 Å². The van der Waals surface area contributed by atoms with Gasteiger partial charge in [0.15, 0.2) is 8.32 Å². The first-order chi connectivity index (χ1) is 14.3. The van der Waals surface area contributed by atoms with E-state index in [-0.39, 0.29) is 10.2 Å². The summed E-state index contributed by atoms with van der Waals surface area (Å²) in [4.78, 5) is 12.0. The molecule has 31 heavy (non-hydrogen) atoms. The molecule has 0 aliphatic heterocycles. The molecule has 176 valence electrons. The van der Waals surface area contributed by atoms with Gasteiger partial charge in [-0.05, 0) is 54.8 Å². The monoisotopic (exact) mass is 478 g/mol. The van der Waals surface area contributed by atoms with E-state index in [4.69, 9.17) is 4.43 Å². The van der Waals surface area contributed by atoms with E-state index < -0.39 is 16.4 Å². The third kappa shape index (κ3) is 9.03. The van der Waals surface area contributed by atoms with Gasteiger partial charge in [0.1, 0.15) is 0 Å². The number of carbonyl (C=O) groups is 1. The molecule has 0 aliphatic carbocycles. The molecule has 0 spiro atoms. The summed E-state index contributed by atoms with van der Waals surface area (Å²) in [6.07, 6.45) is 8.49. The minimum atomic E-state index is -1.83. The van der Waals surface area contributed by atoms with E-state index in [0.29, 0.717) is 11.6 Å². The second-order valence-electron chi connectivity index (χ2n) is 10.7. The summed E-state index contributed by atoms with van der Waals surface area (Å²) < 4.78 is 6.94. The Balaban J connectivity index is 3.16. The van der Waals surface area contributed by atoms with E-state index in [2.05, 4.69) is 90.3 Å². The van der Waals surface area contributed by atoms with Crippen LogP contribution >= 0.6 is 11.8 Å². The first kappa shape index (κ1) is 28.4. The van der Waals surface area contributed by atoms with Crippen molar-refractivity contribution in [2.24, 2.45) is 0 Å². The second kappa shape index (κ2) is 12.6. The Morgan fingerprint density at radius 2 is 1.71 bits per heavy atom. The number of hydrogen-bond donors (Lipinski definition) is 0. The Morgan fingerprint density at radius 1 is 1.10 bits per heavy atom. The van der Waals surface area contributed by atoms with Crippen LogP contribution in [0.5, 0.6) is 0 Å². The fourth-order valence-corrected chi connectivity index (χ4v) is 8.74. The Bertz CT molecular complexity index is 693. The van der Waals surface area contributed by atoms with E-state index in [1.165, 1.54) is 16.9 Å². The summed E-state index contributed by atoms with van der Waals surface area (Å²) in [7, 11) is -3.58. The summed E-state index contributed by atoms with van der Waals surface area (Å²) >= 11 is 1.39. The summed E-state index contributed by atoms with van der Waals surface area (Å²) in [5, 5.41) is 1.87. The van der Waals surface area contributed by atoms with Gasteiger partial charge in [-0.2, -0.15) is 0 Å². The first-order valence-electron chi connectivity index (χ1n) is 11.9. The molecule has 2 nitrogen and oxygen atoms in total. The molecule has 0 aromatic heterocycles. The standard InChI is InChI=1S/C26H46O2SSi2/c1-10-16-22(28-31(8,9)26(3,4)5)21-24(19-15-20-25(27)29-11-2)30(6,7)23-17-13-12-14-18-23/h12-15,17-18,20,22,24H,10-11,16,19,21H2,1-9H3/b20-15+/t22-,24-/m0/s1. The quantitative estimate of drug-likeness (QED) is 0.226. The van der Waals surface area contributed by atoms with Gasteiger partial charge in [0.05, 0.1) is 8.07 Å². The zero-order valence-corrected chi connectivity index (χ0v) is 24.3. The molecule has 0 N–H and O–H groups in total. The Labute approximate surface area is 198 Å². The van der Waals surface area contributed by atoms with Gasteiger partial charge in [-0.25, -0.2) is 0 Å². The van der Waals surface area contributed by atoms with E-state index >= 15 is 0 Å². The molecule has 0 aliphatic rings. The third-order valence-electron chi connectivity index (χ3n) is 6.93. The molecule has 0 radical (unpaired) electrons. The van der Waals surface area contributed by atoms with Crippen LogP contribution in [-0.4, -0.2) is 33.4 Å². The zero-order valence-electron chi connectivity index (χ0n) is 21.5. The van der Waals surface area contributed by atoms with Crippen molar-refractivity contribution in [2.75, 3.05) is 5.75 Å². The predicted molar refractivity (Wildman–Crippen MR) is 146 cm³/mol. The summed E-state index contributed by atoms with van der Waals surface area (Å²) in [5.41, 5.74) is 0.534. The second-order valence-corrected chi connectivity index (χ2v) is 21.6. The number of hydrogen-bond acceptors (Lipinski definition) is 3. The van der Waals surface area contributed by atoms with Gasteiger partial charge >= 0.3 is 0 Å². The van der Waals surface area contributed by atoms with Crippen molar-refractivity contribution in [3.8, 4) is 0 Å². The van der Waals surface area contributed by atoms with Gasteiger partial charge < -0.3 is 4.43 Å². The van der Waals surface area contributed by atoms with Crippen LogP contribution in [-0.2, 0) is 9.22 Å². The fourth-order valence-electron chi connectivity index (χ4n) is 3.77. The highest BCUT2D eigenvalue weighted by atomic mass is 32.2. The topological polar surface area (TPSA) is 26.3 Å². The van der Waals surface area contributed by atoms with Gasteiger partial charge in [-0.15, -0.1) is 0 Å². The lowest BCUT2D eigenvalue weighted by atomic mass is 10.1. The van der Waals surface area contributed by atoms with E-state index in [0.717, 1.165) is 31.4 Å². The van der Waals surface area contributed by atoms with Crippen molar-refractivity contribution < 1.29 is 9.22 Å². The summed E-state index contributed by atoms with van der Waals surface area (Å²) in [6, 6.07) is 11.0. The van der Waals surface area contributed by atoms with E-state index in [1.54, 1.807) is 6.08 Å². The largest absolute Gasteiger partial charge is 0.414 e. The number of rotatable bonds is 12. The van der Waals surface area contributed by atoms with Gasteiger partial charge in [0.25, 0.3) is 0 Å². The molecular weight excluding hydrogens is 433 g/mol. The van der Waals surface area contributed by atoms with Crippen LogP contribution in [0, 0.1) is 0 Å². The van der Waals surface area contributed by atoms with E-state index in [1.807, 2.05) is 6.92 Å². The highest BCUT2D eigenvalue weighted by molar-refractivity contribution is 8.14. The fraction of sp³-hybridized carbons (Fsp3) is 0.654. The molecule has 5 heteroatoms. The average molecular weight is 479 g/mol. The molecule has 0 heterocycles. The highest BCUT2D eigenvalue weighted by Crippen LogP contribution is 2.40. The van der Waals surface area contributed by atoms with Crippen molar-refractivity contribution in [1.82, 2.24) is 0 Å². The van der Waals surface area contributed by atoms with Crippen molar-refractivity contribution in [3.63, 3.8) is 0 Å². The number of carbonyl (C=O) groups excluding carboxylic acids is 1. The molecular formula is C26H46O2SSi2. The molecule has 0 fully saturated rings. The highest BCUT2D eigenvalue weighted by Gasteiger charge is 2.41. The van der Waals surface area contributed by atoms with Crippen LogP contribution in [0.3, 0.4) is 0 Å². The SMILES string of the molecule is CCC[C@@H](C[C@H](C/C=C/C(=O)SCC)[Si](C)(C)c1ccccc1)O[Si](C)(C)C(C)(C)C. The molecule has 0 unspecified atom stereocenters. The zero-order chi connectivity index (χ0) is 23.7. The lowest BCUT2D eigenvalue weighted by Crippen LogP contribution is -2.49. The van der Waals surface area contributed by atoms with Crippen LogP contribution in [0.1, 0.15) is 60.3 Å². The maximum atomic E-state index is 12.0. The minimum absolute atomic E-state index is 0.170. The lowest BCUT2D eigenvalue weighted by Gasteiger charge is -2.42. The maximum absolute atomic E-state index is 12.0. The maximum Gasteiger partial charge on any atom is 0.211 e. The normalized spacial score (nSPS) is 15.3. The lowest BCUT2D eigenvalue weighted by molar-refractivity contribution is -0.107. The van der Waals surface area contributed by atoms with Crippen LogP contribution in [0.25, 0.3) is 0 Å². The van der Waals surface area contributed by atoms with Gasteiger partial charge in [-0.1, -0.05) is 107 Å². The van der Waals surface area contributed by atoms with Crippen LogP contribution < -0.4 is 5.19 Å². The minimum Gasteiger partial charge on any atom is -0.414 e. The predicted octanol–water partition coefficient (Wildman–Crippen LogP) is 7.78. The molecule has 0 amide bonds. The smallest absolute Gasteiger partial charge is 0.211 e. The molecule has 1 aromatic rings. The first-order valence-corrected chi connectivity index (χ1v) is 18.9. The van der Waals surface area contributed by atoms with Gasteiger partial charge in [-0.3, -0.25) is 4.79 Å². The number of allylic oxidation sites excluding steroid dienone is 1. The Hall–Kier alpha value is -0.626.